The molecule has 0 bridgehead atoms. The summed E-state index contributed by atoms with van der Waals surface area (Å²) >= 11 is 0. The second-order valence-electron chi connectivity index (χ2n) is 7.05. The van der Waals surface area contributed by atoms with Crippen molar-refractivity contribution in [2.45, 2.75) is 12.2 Å². The lowest BCUT2D eigenvalue weighted by molar-refractivity contribution is -0.137. The Morgan fingerprint density at radius 2 is 1.77 bits per heavy atom. The molecule has 2 aromatic carbocycles. The Morgan fingerprint density at radius 1 is 1.13 bits per heavy atom. The summed E-state index contributed by atoms with van der Waals surface area (Å²) in [5.41, 5.74) is 1.37. The molecule has 1 heterocycles. The maximum absolute atomic E-state index is 13.0. The number of para-hydroxylation sites is 2. The van der Waals surface area contributed by atoms with E-state index >= 15 is 0 Å². The highest BCUT2D eigenvalue weighted by molar-refractivity contribution is 5.88. The third-order valence-corrected chi connectivity index (χ3v) is 5.11. The molecule has 2 amide bonds. The van der Waals surface area contributed by atoms with Gasteiger partial charge in [0.2, 0.25) is 11.8 Å². The minimum atomic E-state index is -4.42. The van der Waals surface area contributed by atoms with Gasteiger partial charge in [-0.2, -0.15) is 13.2 Å². The quantitative estimate of drug-likeness (QED) is 0.689. The van der Waals surface area contributed by atoms with Crippen molar-refractivity contribution in [3.63, 3.8) is 0 Å². The zero-order valence-corrected chi connectivity index (χ0v) is 16.9. The van der Waals surface area contributed by atoms with E-state index in [0.717, 1.165) is 29.6 Å². The fourth-order valence-corrected chi connectivity index (χ4v) is 3.53. The summed E-state index contributed by atoms with van der Waals surface area (Å²) in [5, 5.41) is 5.35. The minimum Gasteiger partial charge on any atom is -0.358 e. The number of anilines is 3. The molecule has 9 heteroatoms. The summed E-state index contributed by atoms with van der Waals surface area (Å²) in [7, 11) is 1.54. The van der Waals surface area contributed by atoms with Crippen molar-refractivity contribution in [2.75, 3.05) is 36.5 Å². The van der Waals surface area contributed by atoms with Crippen LogP contribution in [-0.4, -0.2) is 44.5 Å². The molecule has 3 rings (SSSR count). The number of likely N-dealkylation sites (N-methyl/N-ethyl adjacent to an activating group) is 1. The van der Waals surface area contributed by atoms with Crippen LogP contribution in [0.1, 0.15) is 5.56 Å². The highest BCUT2D eigenvalue weighted by atomic mass is 19.4. The molecule has 0 aromatic heterocycles. The van der Waals surface area contributed by atoms with E-state index in [1.165, 1.54) is 12.1 Å². The lowest BCUT2D eigenvalue weighted by Crippen LogP contribution is -2.55. The average Bonchev–Trinajstić information content (AvgIpc) is 2.77. The van der Waals surface area contributed by atoms with Crippen LogP contribution in [-0.2, 0) is 15.8 Å². The van der Waals surface area contributed by atoms with Crippen molar-refractivity contribution in [3.05, 3.63) is 66.7 Å². The van der Waals surface area contributed by atoms with Crippen LogP contribution in [0.2, 0.25) is 0 Å². The van der Waals surface area contributed by atoms with E-state index in [0.29, 0.717) is 12.2 Å². The van der Waals surface area contributed by atoms with Crippen molar-refractivity contribution in [3.8, 4) is 0 Å². The number of halogens is 3. The second kappa shape index (κ2) is 9.11. The molecule has 1 aliphatic rings. The van der Waals surface area contributed by atoms with Crippen LogP contribution in [0.4, 0.5) is 30.2 Å². The molecule has 0 saturated heterocycles. The van der Waals surface area contributed by atoms with Gasteiger partial charge in [0.15, 0.2) is 0 Å². The Hall–Kier alpha value is -3.49. The van der Waals surface area contributed by atoms with Gasteiger partial charge in [-0.3, -0.25) is 9.59 Å². The lowest BCUT2D eigenvalue weighted by atomic mass is 10.0. The van der Waals surface area contributed by atoms with Crippen molar-refractivity contribution in [2.24, 2.45) is 0 Å². The molecule has 1 atom stereocenters. The van der Waals surface area contributed by atoms with Crippen LogP contribution in [0.25, 0.3) is 0 Å². The van der Waals surface area contributed by atoms with E-state index in [4.69, 9.17) is 0 Å². The number of fused-ring (bicyclic) bond motifs is 1. The highest BCUT2D eigenvalue weighted by Gasteiger charge is 2.34. The Labute approximate surface area is 178 Å². The number of carbonyl (C=O) groups is 2. The Kier molecular flexibility index (Phi) is 6.53. The first kappa shape index (κ1) is 22.2. The maximum Gasteiger partial charge on any atom is 0.416 e. The van der Waals surface area contributed by atoms with Gasteiger partial charge in [-0.25, -0.2) is 0 Å². The van der Waals surface area contributed by atoms with Crippen LogP contribution in [0, 0.1) is 0 Å². The molecule has 0 aliphatic carbocycles. The van der Waals surface area contributed by atoms with E-state index in [1.807, 2.05) is 34.1 Å². The van der Waals surface area contributed by atoms with E-state index in [-0.39, 0.29) is 30.9 Å². The van der Waals surface area contributed by atoms with Gasteiger partial charge in [0.1, 0.15) is 0 Å². The zero-order chi connectivity index (χ0) is 22.6. The van der Waals surface area contributed by atoms with Crippen LogP contribution in [0.5, 0.6) is 0 Å². The molecule has 164 valence electrons. The van der Waals surface area contributed by atoms with E-state index < -0.39 is 11.7 Å². The van der Waals surface area contributed by atoms with Gasteiger partial charge in [0.05, 0.1) is 29.5 Å². The molecular formula is C22H23F3N4O2. The molecule has 2 aromatic rings. The van der Waals surface area contributed by atoms with Gasteiger partial charge < -0.3 is 20.4 Å². The number of amides is 2. The molecule has 2 N–H and O–H groups in total. The van der Waals surface area contributed by atoms with Gasteiger partial charge in [0, 0.05) is 25.8 Å². The predicted molar refractivity (Wildman–Crippen MR) is 113 cm³/mol. The summed E-state index contributed by atoms with van der Waals surface area (Å²) < 4.78 is 38.9. The molecule has 31 heavy (non-hydrogen) atoms. The molecule has 1 aliphatic heterocycles. The number of nitrogens with one attached hydrogen (secondary N) is 2. The molecule has 0 fully saturated rings. The van der Waals surface area contributed by atoms with Crippen LogP contribution >= 0.6 is 0 Å². The zero-order valence-electron chi connectivity index (χ0n) is 16.9. The standard InChI is InChI=1S/C22H23F3N4O2/c1-3-20(30)27-12-17-13-28(16-10-8-15(9-11-16)22(23,24)25)18-6-4-5-7-19(18)29(17)14-21(31)26-2/h3-11,17H,1,12-14H2,2H3,(H,26,31)(H,27,30). The number of nitrogens with zero attached hydrogens (tertiary/aromatic N) is 2. The molecule has 1 unspecified atom stereocenters. The third-order valence-electron chi connectivity index (χ3n) is 5.11. The average molecular weight is 432 g/mol. The highest BCUT2D eigenvalue weighted by Crippen LogP contribution is 2.40. The summed E-state index contributed by atoms with van der Waals surface area (Å²) in [6.07, 6.45) is -3.26. The van der Waals surface area contributed by atoms with Crippen molar-refractivity contribution >= 4 is 28.9 Å². The first-order chi connectivity index (χ1) is 14.7. The summed E-state index contributed by atoms with van der Waals surface area (Å²) in [6.45, 7) is 4.10. The van der Waals surface area contributed by atoms with E-state index in [9.17, 15) is 22.8 Å². The summed E-state index contributed by atoms with van der Waals surface area (Å²) in [4.78, 5) is 27.6. The number of hydrogen-bond acceptors (Lipinski definition) is 4. The Bertz CT molecular complexity index is 960. The molecule has 0 spiro atoms. The molecule has 6 nitrogen and oxygen atoms in total. The molecular weight excluding hydrogens is 409 g/mol. The van der Waals surface area contributed by atoms with Gasteiger partial charge in [-0.15, -0.1) is 0 Å². The topological polar surface area (TPSA) is 64.7 Å². The van der Waals surface area contributed by atoms with Gasteiger partial charge >= 0.3 is 6.18 Å². The van der Waals surface area contributed by atoms with Gasteiger partial charge in [0.25, 0.3) is 0 Å². The monoisotopic (exact) mass is 432 g/mol. The Balaban J connectivity index is 1.99. The van der Waals surface area contributed by atoms with E-state index in [1.54, 1.807) is 7.05 Å². The van der Waals surface area contributed by atoms with Crippen molar-refractivity contribution in [1.29, 1.82) is 0 Å². The van der Waals surface area contributed by atoms with Crippen LogP contribution in [0.15, 0.2) is 61.2 Å². The SMILES string of the molecule is C=CC(=O)NCC1CN(c2ccc(C(F)(F)F)cc2)c2ccccc2N1CC(=O)NC. The van der Waals surface area contributed by atoms with E-state index in [2.05, 4.69) is 17.2 Å². The fraction of sp³-hybridized carbons (Fsp3) is 0.273. The second-order valence-corrected chi connectivity index (χ2v) is 7.05. The molecule has 0 radical (unpaired) electrons. The lowest BCUT2D eigenvalue weighted by Gasteiger charge is -2.44. The number of rotatable bonds is 6. The van der Waals surface area contributed by atoms with Gasteiger partial charge in [-0.05, 0) is 42.5 Å². The predicted octanol–water partition coefficient (Wildman–Crippen LogP) is 3.08. The van der Waals surface area contributed by atoms with Crippen molar-refractivity contribution in [1.82, 2.24) is 10.6 Å². The van der Waals surface area contributed by atoms with Crippen molar-refractivity contribution < 1.29 is 22.8 Å². The number of benzene rings is 2. The van der Waals surface area contributed by atoms with Gasteiger partial charge in [-0.1, -0.05) is 18.7 Å². The maximum atomic E-state index is 13.0. The number of alkyl halides is 3. The summed E-state index contributed by atoms with van der Waals surface area (Å²) in [6, 6.07) is 12.0. The Morgan fingerprint density at radius 3 is 2.35 bits per heavy atom. The normalized spacial score (nSPS) is 15.8. The fourth-order valence-electron chi connectivity index (χ4n) is 3.53. The third kappa shape index (κ3) is 4.99. The number of hydrogen-bond donors (Lipinski definition) is 2. The first-order valence-corrected chi connectivity index (χ1v) is 9.66. The first-order valence-electron chi connectivity index (χ1n) is 9.66. The molecule has 0 saturated carbocycles. The smallest absolute Gasteiger partial charge is 0.358 e. The largest absolute Gasteiger partial charge is 0.416 e. The summed E-state index contributed by atoms with van der Waals surface area (Å²) in [5.74, 6) is -0.544. The van der Waals surface area contributed by atoms with Crippen LogP contribution < -0.4 is 20.4 Å². The minimum absolute atomic E-state index is 0.0724. The van der Waals surface area contributed by atoms with Crippen LogP contribution in [0.3, 0.4) is 0 Å². The number of carbonyl (C=O) groups excluding carboxylic acids is 2.